The number of halogens is 1. The van der Waals surface area contributed by atoms with E-state index in [0.29, 0.717) is 0 Å². The van der Waals surface area contributed by atoms with Crippen molar-refractivity contribution >= 4 is 23.2 Å². The Hall–Kier alpha value is -1.81. The van der Waals surface area contributed by atoms with E-state index in [-0.39, 0.29) is 6.04 Å². The normalized spacial score (nSPS) is 12.0. The van der Waals surface area contributed by atoms with E-state index < -0.39 is 0 Å². The highest BCUT2D eigenvalue weighted by molar-refractivity contribution is 6.31. The van der Waals surface area contributed by atoms with E-state index in [2.05, 4.69) is 27.5 Å². The molecule has 1 unspecified atom stereocenters. The molecule has 2 N–H and O–H groups in total. The summed E-state index contributed by atoms with van der Waals surface area (Å²) in [6, 6.07) is 9.80. The van der Waals surface area contributed by atoms with Gasteiger partial charge in [-0.25, -0.2) is 9.97 Å². The van der Waals surface area contributed by atoms with Gasteiger partial charge in [0.15, 0.2) is 0 Å². The number of aryl methyl sites for hydroxylation is 1. The van der Waals surface area contributed by atoms with Crippen LogP contribution in [0.25, 0.3) is 0 Å². The first kappa shape index (κ1) is 14.6. The Morgan fingerprint density at radius 1 is 1.20 bits per heavy atom. The van der Waals surface area contributed by atoms with E-state index in [1.165, 1.54) is 0 Å². The lowest BCUT2D eigenvalue weighted by Gasteiger charge is -2.17. The molecule has 20 heavy (non-hydrogen) atoms. The van der Waals surface area contributed by atoms with Crippen LogP contribution in [0, 0.1) is 6.92 Å². The molecule has 2 rings (SSSR count). The van der Waals surface area contributed by atoms with E-state index in [1.807, 2.05) is 44.2 Å². The van der Waals surface area contributed by atoms with Crippen LogP contribution in [0.5, 0.6) is 0 Å². The number of hydrogen-bond donors (Lipinski definition) is 2. The van der Waals surface area contributed by atoms with Gasteiger partial charge in [-0.15, -0.1) is 0 Å². The standard InChI is InChI=1S/C15H19ClN4/c1-4-17-14-9-15(20-11(3)19-14)18-10(2)12-7-5-6-8-13(12)16/h5-10H,4H2,1-3H3,(H2,17,18,19,20). The Morgan fingerprint density at radius 2 is 1.90 bits per heavy atom. The van der Waals surface area contributed by atoms with E-state index in [0.717, 1.165) is 34.6 Å². The van der Waals surface area contributed by atoms with Gasteiger partial charge in [-0.1, -0.05) is 29.8 Å². The summed E-state index contributed by atoms with van der Waals surface area (Å²) in [4.78, 5) is 8.74. The maximum atomic E-state index is 6.21. The second-order valence-corrected chi connectivity index (χ2v) is 5.01. The fourth-order valence-electron chi connectivity index (χ4n) is 2.04. The summed E-state index contributed by atoms with van der Waals surface area (Å²) in [7, 11) is 0. The predicted molar refractivity (Wildman–Crippen MR) is 84.4 cm³/mol. The van der Waals surface area contributed by atoms with E-state index >= 15 is 0 Å². The minimum Gasteiger partial charge on any atom is -0.370 e. The van der Waals surface area contributed by atoms with E-state index in [9.17, 15) is 0 Å². The summed E-state index contributed by atoms with van der Waals surface area (Å²) < 4.78 is 0. The Morgan fingerprint density at radius 3 is 2.60 bits per heavy atom. The molecule has 5 heteroatoms. The van der Waals surface area contributed by atoms with Gasteiger partial charge in [0, 0.05) is 17.6 Å². The highest BCUT2D eigenvalue weighted by Crippen LogP contribution is 2.25. The van der Waals surface area contributed by atoms with Crippen molar-refractivity contribution in [2.75, 3.05) is 17.2 Å². The van der Waals surface area contributed by atoms with Gasteiger partial charge in [0.2, 0.25) is 0 Å². The maximum Gasteiger partial charge on any atom is 0.132 e. The second kappa shape index (κ2) is 6.57. The van der Waals surface area contributed by atoms with E-state index in [4.69, 9.17) is 11.6 Å². The van der Waals surface area contributed by atoms with Crippen molar-refractivity contribution in [3.05, 3.63) is 46.7 Å². The van der Waals surface area contributed by atoms with Gasteiger partial charge in [-0.2, -0.15) is 0 Å². The molecular formula is C15H19ClN4. The lowest BCUT2D eigenvalue weighted by molar-refractivity contribution is 0.867. The number of hydrogen-bond acceptors (Lipinski definition) is 4. The summed E-state index contributed by atoms with van der Waals surface area (Å²) in [5.41, 5.74) is 1.05. The molecule has 1 heterocycles. The quantitative estimate of drug-likeness (QED) is 0.872. The van der Waals surface area contributed by atoms with Crippen LogP contribution in [-0.2, 0) is 0 Å². The molecule has 0 saturated carbocycles. The number of anilines is 2. The zero-order chi connectivity index (χ0) is 14.5. The lowest BCUT2D eigenvalue weighted by atomic mass is 10.1. The zero-order valence-electron chi connectivity index (χ0n) is 11.9. The molecule has 0 fully saturated rings. The van der Waals surface area contributed by atoms with Crippen LogP contribution in [0.15, 0.2) is 30.3 Å². The van der Waals surface area contributed by atoms with Gasteiger partial charge < -0.3 is 10.6 Å². The number of rotatable bonds is 5. The minimum absolute atomic E-state index is 0.0764. The summed E-state index contributed by atoms with van der Waals surface area (Å²) in [5, 5.41) is 7.31. The van der Waals surface area contributed by atoms with Gasteiger partial charge >= 0.3 is 0 Å². The summed E-state index contributed by atoms with van der Waals surface area (Å²) in [6.45, 7) is 6.81. The Labute approximate surface area is 124 Å². The maximum absolute atomic E-state index is 6.21. The van der Waals surface area contributed by atoms with Crippen LogP contribution < -0.4 is 10.6 Å². The van der Waals surface area contributed by atoms with Gasteiger partial charge in [0.1, 0.15) is 17.5 Å². The molecule has 1 atom stereocenters. The Bertz CT molecular complexity index is 586. The van der Waals surface area contributed by atoms with Crippen molar-refractivity contribution in [3.8, 4) is 0 Å². The molecular weight excluding hydrogens is 272 g/mol. The molecule has 1 aromatic heterocycles. The van der Waals surface area contributed by atoms with Crippen LogP contribution in [0.2, 0.25) is 5.02 Å². The van der Waals surface area contributed by atoms with Crippen LogP contribution in [0.4, 0.5) is 11.6 Å². The van der Waals surface area contributed by atoms with Crippen LogP contribution >= 0.6 is 11.6 Å². The third-order valence-electron chi connectivity index (χ3n) is 2.93. The summed E-state index contributed by atoms with van der Waals surface area (Å²) >= 11 is 6.21. The first-order chi connectivity index (χ1) is 9.60. The van der Waals surface area contributed by atoms with Gasteiger partial charge in [-0.05, 0) is 32.4 Å². The van der Waals surface area contributed by atoms with Gasteiger partial charge in [0.05, 0.1) is 6.04 Å². The average molecular weight is 291 g/mol. The number of nitrogens with zero attached hydrogens (tertiary/aromatic N) is 2. The van der Waals surface area contributed by atoms with Crippen molar-refractivity contribution in [1.82, 2.24) is 9.97 Å². The molecule has 0 radical (unpaired) electrons. The van der Waals surface area contributed by atoms with Crippen molar-refractivity contribution in [2.24, 2.45) is 0 Å². The van der Waals surface area contributed by atoms with Crippen LogP contribution in [0.1, 0.15) is 31.3 Å². The molecule has 1 aromatic carbocycles. The van der Waals surface area contributed by atoms with Gasteiger partial charge in [0.25, 0.3) is 0 Å². The Balaban J connectivity index is 2.19. The molecule has 2 aromatic rings. The largest absolute Gasteiger partial charge is 0.370 e. The number of aromatic nitrogens is 2. The summed E-state index contributed by atoms with van der Waals surface area (Å²) in [5.74, 6) is 2.35. The SMILES string of the molecule is CCNc1cc(NC(C)c2ccccc2Cl)nc(C)n1. The third kappa shape index (κ3) is 3.61. The van der Waals surface area contributed by atoms with Crippen molar-refractivity contribution in [1.29, 1.82) is 0 Å². The molecule has 0 bridgehead atoms. The summed E-state index contributed by atoms with van der Waals surface area (Å²) in [6.07, 6.45) is 0. The monoisotopic (exact) mass is 290 g/mol. The molecule has 0 aliphatic carbocycles. The van der Waals surface area contributed by atoms with Gasteiger partial charge in [-0.3, -0.25) is 0 Å². The smallest absolute Gasteiger partial charge is 0.132 e. The Kier molecular flexibility index (Phi) is 4.79. The molecule has 0 saturated heterocycles. The second-order valence-electron chi connectivity index (χ2n) is 4.60. The average Bonchev–Trinajstić information content (AvgIpc) is 2.38. The first-order valence-electron chi connectivity index (χ1n) is 6.70. The number of nitrogens with one attached hydrogen (secondary N) is 2. The van der Waals surface area contributed by atoms with Crippen LogP contribution in [-0.4, -0.2) is 16.5 Å². The van der Waals surface area contributed by atoms with Crippen molar-refractivity contribution in [2.45, 2.75) is 26.8 Å². The molecule has 0 aliphatic rings. The minimum atomic E-state index is 0.0764. The fourth-order valence-corrected chi connectivity index (χ4v) is 2.34. The van der Waals surface area contributed by atoms with Crippen LogP contribution in [0.3, 0.4) is 0 Å². The highest BCUT2D eigenvalue weighted by atomic mass is 35.5. The highest BCUT2D eigenvalue weighted by Gasteiger charge is 2.10. The molecule has 0 aliphatic heterocycles. The number of benzene rings is 1. The lowest BCUT2D eigenvalue weighted by Crippen LogP contribution is -2.10. The molecule has 0 amide bonds. The van der Waals surface area contributed by atoms with Crippen molar-refractivity contribution in [3.63, 3.8) is 0 Å². The topological polar surface area (TPSA) is 49.8 Å². The zero-order valence-corrected chi connectivity index (χ0v) is 12.7. The fraction of sp³-hybridized carbons (Fsp3) is 0.333. The predicted octanol–water partition coefficient (Wildman–Crippen LogP) is 4.04. The van der Waals surface area contributed by atoms with Crippen molar-refractivity contribution < 1.29 is 0 Å². The molecule has 4 nitrogen and oxygen atoms in total. The molecule has 0 spiro atoms. The third-order valence-corrected chi connectivity index (χ3v) is 3.28. The first-order valence-corrected chi connectivity index (χ1v) is 7.08. The van der Waals surface area contributed by atoms with E-state index in [1.54, 1.807) is 0 Å². The molecule has 106 valence electrons.